The lowest BCUT2D eigenvalue weighted by Gasteiger charge is -2.06. The van der Waals surface area contributed by atoms with Gasteiger partial charge in [-0.3, -0.25) is 0 Å². The van der Waals surface area contributed by atoms with Crippen LogP contribution >= 0.6 is 0 Å². The van der Waals surface area contributed by atoms with Crippen molar-refractivity contribution in [3.63, 3.8) is 0 Å². The van der Waals surface area contributed by atoms with E-state index in [0.717, 1.165) is 22.9 Å². The molecule has 0 radical (unpaired) electrons. The third-order valence-electron chi connectivity index (χ3n) is 2.25. The minimum Gasteiger partial charge on any atom is -0.497 e. The molecular formula is C13H14N2O. The number of aryl methyl sites for hydroxylation is 1. The van der Waals surface area contributed by atoms with Crippen LogP contribution in [0.5, 0.6) is 5.75 Å². The first-order valence-electron chi connectivity index (χ1n) is 5.12. The van der Waals surface area contributed by atoms with Crippen molar-refractivity contribution >= 4 is 11.5 Å². The standard InChI is InChI=1S/C13H14N2O/c1-10-4-3-5-13(14-10)15-11-6-8-12(16-2)9-7-11/h3-9H,1-2H3,(H,14,15). The second-order valence-electron chi connectivity index (χ2n) is 3.52. The quantitative estimate of drug-likeness (QED) is 0.852. The third kappa shape index (κ3) is 2.51. The van der Waals surface area contributed by atoms with Crippen LogP contribution < -0.4 is 10.1 Å². The first kappa shape index (κ1) is 10.5. The maximum atomic E-state index is 5.10. The number of methoxy groups -OCH3 is 1. The third-order valence-corrected chi connectivity index (χ3v) is 2.25. The van der Waals surface area contributed by atoms with Crippen LogP contribution in [0.4, 0.5) is 11.5 Å². The number of aromatic nitrogens is 1. The molecule has 0 bridgehead atoms. The van der Waals surface area contributed by atoms with Gasteiger partial charge >= 0.3 is 0 Å². The SMILES string of the molecule is COc1ccc(Nc2cccc(C)n2)cc1. The second-order valence-corrected chi connectivity index (χ2v) is 3.52. The Balaban J connectivity index is 2.14. The molecule has 3 heteroatoms. The molecule has 1 heterocycles. The average molecular weight is 214 g/mol. The molecule has 1 aromatic carbocycles. The molecule has 1 aromatic heterocycles. The van der Waals surface area contributed by atoms with Crippen LogP contribution in [0.2, 0.25) is 0 Å². The number of nitrogens with one attached hydrogen (secondary N) is 1. The summed E-state index contributed by atoms with van der Waals surface area (Å²) in [6.07, 6.45) is 0. The number of ether oxygens (including phenoxy) is 1. The van der Waals surface area contributed by atoms with Crippen LogP contribution in [0.3, 0.4) is 0 Å². The minimum absolute atomic E-state index is 0.850. The topological polar surface area (TPSA) is 34.1 Å². The van der Waals surface area contributed by atoms with Crippen molar-refractivity contribution in [2.45, 2.75) is 6.92 Å². The van der Waals surface area contributed by atoms with E-state index >= 15 is 0 Å². The molecule has 0 aliphatic rings. The number of anilines is 2. The summed E-state index contributed by atoms with van der Waals surface area (Å²) in [4.78, 5) is 4.37. The van der Waals surface area contributed by atoms with Gasteiger partial charge in [-0.15, -0.1) is 0 Å². The van der Waals surface area contributed by atoms with Gasteiger partial charge in [-0.25, -0.2) is 4.98 Å². The van der Waals surface area contributed by atoms with Crippen LogP contribution in [0, 0.1) is 6.92 Å². The summed E-state index contributed by atoms with van der Waals surface area (Å²) in [7, 11) is 1.66. The number of rotatable bonds is 3. The lowest BCUT2D eigenvalue weighted by atomic mass is 10.3. The number of benzene rings is 1. The Kier molecular flexibility index (Phi) is 3.05. The summed E-state index contributed by atoms with van der Waals surface area (Å²) in [5.74, 6) is 1.70. The molecule has 0 aliphatic carbocycles. The summed E-state index contributed by atoms with van der Waals surface area (Å²) < 4.78 is 5.10. The van der Waals surface area contributed by atoms with Crippen molar-refractivity contribution in [1.29, 1.82) is 0 Å². The van der Waals surface area contributed by atoms with E-state index in [2.05, 4.69) is 10.3 Å². The van der Waals surface area contributed by atoms with Crippen LogP contribution in [0.15, 0.2) is 42.5 Å². The zero-order valence-corrected chi connectivity index (χ0v) is 9.40. The molecule has 16 heavy (non-hydrogen) atoms. The molecule has 2 aromatic rings. The molecule has 3 nitrogen and oxygen atoms in total. The highest BCUT2D eigenvalue weighted by atomic mass is 16.5. The maximum absolute atomic E-state index is 5.10. The van der Waals surface area contributed by atoms with Crippen molar-refractivity contribution in [2.75, 3.05) is 12.4 Å². The first-order valence-corrected chi connectivity index (χ1v) is 5.12. The predicted molar refractivity (Wildman–Crippen MR) is 65.3 cm³/mol. The highest BCUT2D eigenvalue weighted by Gasteiger charge is 1.96. The Bertz CT molecular complexity index is 466. The first-order chi connectivity index (χ1) is 7.78. The van der Waals surface area contributed by atoms with Gasteiger partial charge in [-0.1, -0.05) is 6.07 Å². The van der Waals surface area contributed by atoms with Crippen LogP contribution in [0.25, 0.3) is 0 Å². The van der Waals surface area contributed by atoms with Crippen LogP contribution in [-0.2, 0) is 0 Å². The summed E-state index contributed by atoms with van der Waals surface area (Å²) >= 11 is 0. The smallest absolute Gasteiger partial charge is 0.130 e. The van der Waals surface area contributed by atoms with Gasteiger partial charge in [0.2, 0.25) is 0 Å². The lowest BCUT2D eigenvalue weighted by molar-refractivity contribution is 0.415. The van der Waals surface area contributed by atoms with Crippen LogP contribution in [0.1, 0.15) is 5.69 Å². The van der Waals surface area contributed by atoms with E-state index in [4.69, 9.17) is 4.74 Å². The highest BCUT2D eigenvalue weighted by Crippen LogP contribution is 2.18. The molecule has 0 saturated carbocycles. The van der Waals surface area contributed by atoms with Gasteiger partial charge in [0.05, 0.1) is 7.11 Å². The molecular weight excluding hydrogens is 200 g/mol. The lowest BCUT2D eigenvalue weighted by Crippen LogP contribution is -1.94. The Morgan fingerprint density at radius 1 is 1.06 bits per heavy atom. The molecule has 0 fully saturated rings. The molecule has 0 atom stereocenters. The second kappa shape index (κ2) is 4.66. The van der Waals surface area contributed by atoms with E-state index in [-0.39, 0.29) is 0 Å². The molecule has 2 rings (SSSR count). The van der Waals surface area contributed by atoms with Crippen molar-refractivity contribution in [3.05, 3.63) is 48.2 Å². The Morgan fingerprint density at radius 2 is 1.81 bits per heavy atom. The van der Waals surface area contributed by atoms with E-state index in [9.17, 15) is 0 Å². The van der Waals surface area contributed by atoms with Crippen molar-refractivity contribution < 1.29 is 4.74 Å². The predicted octanol–water partition coefficient (Wildman–Crippen LogP) is 3.14. The van der Waals surface area contributed by atoms with Crippen molar-refractivity contribution in [2.24, 2.45) is 0 Å². The maximum Gasteiger partial charge on any atom is 0.130 e. The van der Waals surface area contributed by atoms with Gasteiger partial charge in [0.25, 0.3) is 0 Å². The number of hydrogen-bond donors (Lipinski definition) is 1. The fraction of sp³-hybridized carbons (Fsp3) is 0.154. The van der Waals surface area contributed by atoms with Crippen LogP contribution in [-0.4, -0.2) is 12.1 Å². The summed E-state index contributed by atoms with van der Waals surface area (Å²) in [5.41, 5.74) is 2.00. The number of pyridine rings is 1. The van der Waals surface area contributed by atoms with E-state index < -0.39 is 0 Å². The fourth-order valence-corrected chi connectivity index (χ4v) is 1.43. The molecule has 0 amide bonds. The van der Waals surface area contributed by atoms with E-state index in [1.54, 1.807) is 7.11 Å². The zero-order chi connectivity index (χ0) is 11.4. The normalized spacial score (nSPS) is 9.88. The van der Waals surface area contributed by atoms with E-state index in [1.807, 2.05) is 49.4 Å². The molecule has 0 unspecified atom stereocenters. The molecule has 0 spiro atoms. The zero-order valence-electron chi connectivity index (χ0n) is 9.40. The molecule has 1 N–H and O–H groups in total. The van der Waals surface area contributed by atoms with Gasteiger partial charge in [0.1, 0.15) is 11.6 Å². The average Bonchev–Trinajstić information content (AvgIpc) is 2.30. The minimum atomic E-state index is 0.850. The summed E-state index contributed by atoms with van der Waals surface area (Å²) in [5, 5.41) is 3.23. The Hall–Kier alpha value is -2.03. The van der Waals surface area contributed by atoms with Gasteiger partial charge in [-0.2, -0.15) is 0 Å². The summed E-state index contributed by atoms with van der Waals surface area (Å²) in [6, 6.07) is 13.6. The van der Waals surface area contributed by atoms with Gasteiger partial charge in [0, 0.05) is 11.4 Å². The highest BCUT2D eigenvalue weighted by molar-refractivity contribution is 5.57. The summed E-state index contributed by atoms with van der Waals surface area (Å²) in [6.45, 7) is 1.97. The van der Waals surface area contributed by atoms with Gasteiger partial charge < -0.3 is 10.1 Å². The van der Waals surface area contributed by atoms with Gasteiger partial charge in [-0.05, 0) is 43.3 Å². The van der Waals surface area contributed by atoms with Crippen molar-refractivity contribution in [3.8, 4) is 5.75 Å². The van der Waals surface area contributed by atoms with E-state index in [1.165, 1.54) is 0 Å². The largest absolute Gasteiger partial charge is 0.497 e. The Morgan fingerprint density at radius 3 is 2.44 bits per heavy atom. The molecule has 0 aliphatic heterocycles. The molecule has 82 valence electrons. The number of hydrogen-bond acceptors (Lipinski definition) is 3. The monoisotopic (exact) mass is 214 g/mol. The van der Waals surface area contributed by atoms with Crippen molar-refractivity contribution in [1.82, 2.24) is 4.98 Å². The fourth-order valence-electron chi connectivity index (χ4n) is 1.43. The number of nitrogens with zero attached hydrogens (tertiary/aromatic N) is 1. The molecule has 0 saturated heterocycles. The van der Waals surface area contributed by atoms with E-state index in [0.29, 0.717) is 0 Å². The van der Waals surface area contributed by atoms with Gasteiger partial charge in [0.15, 0.2) is 0 Å². The Labute approximate surface area is 95.1 Å².